The molecule has 3 aliphatic heterocycles. The van der Waals surface area contributed by atoms with E-state index < -0.39 is 11.9 Å². The Bertz CT molecular complexity index is 1440. The van der Waals surface area contributed by atoms with Crippen molar-refractivity contribution in [3.05, 3.63) is 64.8 Å². The number of benzene rings is 2. The Morgan fingerprint density at radius 1 is 1.05 bits per heavy atom. The van der Waals surface area contributed by atoms with E-state index in [2.05, 4.69) is 9.47 Å². The number of nitrogens with one attached hydrogen (secondary N) is 1. The van der Waals surface area contributed by atoms with E-state index in [1.165, 1.54) is 24.2 Å². The van der Waals surface area contributed by atoms with Gasteiger partial charge in [0, 0.05) is 60.8 Å². The van der Waals surface area contributed by atoms with Gasteiger partial charge in [0.05, 0.1) is 6.54 Å². The van der Waals surface area contributed by atoms with Gasteiger partial charge in [0.25, 0.3) is 5.91 Å². The average Bonchev–Trinajstić information content (AvgIpc) is 3.29. The molecule has 0 saturated carbocycles. The fourth-order valence-electron chi connectivity index (χ4n) is 6.36. The van der Waals surface area contributed by atoms with Gasteiger partial charge >= 0.3 is 0 Å². The molecule has 3 amide bonds. The maximum absolute atomic E-state index is 13.5. The Kier molecular flexibility index (Phi) is 7.20. The van der Waals surface area contributed by atoms with E-state index >= 15 is 0 Å². The predicted octanol–water partition coefficient (Wildman–Crippen LogP) is 2.57. The lowest BCUT2D eigenvalue weighted by atomic mass is 9.92. The molecule has 1 aromatic heterocycles. The minimum absolute atomic E-state index is 0.0367. The van der Waals surface area contributed by atoms with Gasteiger partial charge in [-0.2, -0.15) is 0 Å². The first-order valence-electron chi connectivity index (χ1n) is 14.0. The minimum Gasteiger partial charge on any atom is -0.492 e. The smallest absolute Gasteiger partial charge is 0.274 e. The molecule has 10 nitrogen and oxygen atoms in total. The lowest BCUT2D eigenvalue weighted by molar-refractivity contribution is -0.155. The highest BCUT2D eigenvalue weighted by Crippen LogP contribution is 2.41. The van der Waals surface area contributed by atoms with E-state index in [-0.39, 0.29) is 18.4 Å². The Morgan fingerprint density at radius 2 is 1.82 bits per heavy atom. The molecule has 10 heteroatoms. The van der Waals surface area contributed by atoms with Crippen LogP contribution in [0.2, 0.25) is 0 Å². The highest BCUT2D eigenvalue weighted by atomic mass is 16.5. The summed E-state index contributed by atoms with van der Waals surface area (Å²) in [5.41, 5.74) is 5.89. The first-order chi connectivity index (χ1) is 19.4. The van der Waals surface area contributed by atoms with Crippen molar-refractivity contribution < 1.29 is 24.3 Å². The van der Waals surface area contributed by atoms with E-state index in [1.807, 2.05) is 30.3 Å². The Hall–Kier alpha value is -3.89. The summed E-state index contributed by atoms with van der Waals surface area (Å²) in [7, 11) is 1.68. The van der Waals surface area contributed by atoms with Crippen LogP contribution in [-0.2, 0) is 22.6 Å². The van der Waals surface area contributed by atoms with Crippen molar-refractivity contribution in [2.75, 3.05) is 46.4 Å². The number of fused-ring (bicyclic) bond motifs is 5. The molecule has 4 heterocycles. The van der Waals surface area contributed by atoms with Crippen LogP contribution >= 0.6 is 0 Å². The number of aromatic nitrogens is 1. The molecule has 2 aromatic carbocycles. The maximum Gasteiger partial charge on any atom is 0.274 e. The number of ether oxygens (including phenoxy) is 1. The first-order valence-corrected chi connectivity index (χ1v) is 14.0. The normalized spacial score (nSPS) is 19.5. The van der Waals surface area contributed by atoms with Crippen LogP contribution < -0.4 is 10.2 Å². The quantitative estimate of drug-likeness (QED) is 0.349. The summed E-state index contributed by atoms with van der Waals surface area (Å²) in [6, 6.07) is 12.5. The van der Waals surface area contributed by atoms with Gasteiger partial charge in [0.15, 0.2) is 0 Å². The van der Waals surface area contributed by atoms with Crippen LogP contribution in [0.1, 0.15) is 52.5 Å². The number of hydrogen-bond donors (Lipinski definition) is 2. The summed E-state index contributed by atoms with van der Waals surface area (Å²) in [6.45, 7) is 4.83. The second-order valence-electron chi connectivity index (χ2n) is 10.9. The van der Waals surface area contributed by atoms with Crippen molar-refractivity contribution >= 4 is 28.6 Å². The van der Waals surface area contributed by atoms with E-state index in [1.54, 1.807) is 29.6 Å². The number of piperazine rings is 1. The van der Waals surface area contributed by atoms with Gasteiger partial charge in [-0.15, -0.1) is 0 Å². The van der Waals surface area contributed by atoms with E-state index in [0.717, 1.165) is 53.1 Å². The second kappa shape index (κ2) is 10.9. The standard InChI is InChI=1S/C30H35N5O5/c1-32-19-26(36)34-14-11-25-27(28(34)30(32)38)23-17-22(40-16-15-33-12-3-2-4-13-33)9-10-24(23)35(25)18-20-5-7-21(8-6-20)29(37)31-39/h5-10,17,28,39H,2-4,11-16,18-19H2,1H3,(H,31,37). The highest BCUT2D eigenvalue weighted by molar-refractivity contribution is 6.00. The van der Waals surface area contributed by atoms with Gasteiger partial charge < -0.3 is 19.1 Å². The molecule has 3 aliphatic rings. The second-order valence-corrected chi connectivity index (χ2v) is 10.9. The van der Waals surface area contributed by atoms with Gasteiger partial charge in [-0.3, -0.25) is 24.5 Å². The van der Waals surface area contributed by atoms with Crippen molar-refractivity contribution in [2.24, 2.45) is 0 Å². The van der Waals surface area contributed by atoms with Crippen LogP contribution in [0, 0.1) is 0 Å². The third-order valence-electron chi connectivity index (χ3n) is 8.45. The molecule has 2 fully saturated rings. The van der Waals surface area contributed by atoms with E-state index in [4.69, 9.17) is 9.94 Å². The fourth-order valence-corrected chi connectivity index (χ4v) is 6.36. The number of carbonyl (C=O) groups is 3. The van der Waals surface area contributed by atoms with Gasteiger partial charge in [0.2, 0.25) is 11.8 Å². The number of piperidine rings is 1. The van der Waals surface area contributed by atoms with Crippen LogP contribution in [0.5, 0.6) is 5.75 Å². The molecule has 0 spiro atoms. The fraction of sp³-hybridized carbons (Fsp3) is 0.433. The zero-order valence-corrected chi connectivity index (χ0v) is 22.8. The topological polar surface area (TPSA) is 107 Å². The van der Waals surface area contributed by atoms with Crippen LogP contribution in [-0.4, -0.2) is 88.6 Å². The van der Waals surface area contributed by atoms with Crippen molar-refractivity contribution in [3.63, 3.8) is 0 Å². The molecule has 1 unspecified atom stereocenters. The van der Waals surface area contributed by atoms with Crippen LogP contribution in [0.4, 0.5) is 0 Å². The molecule has 210 valence electrons. The summed E-state index contributed by atoms with van der Waals surface area (Å²) in [5, 5.41) is 9.86. The molecule has 3 aromatic rings. The summed E-state index contributed by atoms with van der Waals surface area (Å²) in [4.78, 5) is 43.9. The molecular weight excluding hydrogens is 510 g/mol. The average molecular weight is 546 g/mol. The molecule has 0 radical (unpaired) electrons. The number of hydroxylamine groups is 1. The van der Waals surface area contributed by atoms with Crippen molar-refractivity contribution in [2.45, 2.75) is 38.3 Å². The lowest BCUT2D eigenvalue weighted by Gasteiger charge is -2.42. The van der Waals surface area contributed by atoms with Crippen molar-refractivity contribution in [1.82, 2.24) is 24.7 Å². The third kappa shape index (κ3) is 4.82. The minimum atomic E-state index is -0.655. The number of amides is 3. The molecule has 0 bridgehead atoms. The number of likely N-dealkylation sites (tertiary alicyclic amines) is 1. The van der Waals surface area contributed by atoms with Crippen molar-refractivity contribution in [1.29, 1.82) is 0 Å². The number of likely N-dealkylation sites (N-methyl/N-ethyl adjacent to an activating group) is 1. The van der Waals surface area contributed by atoms with E-state index in [9.17, 15) is 14.4 Å². The summed E-state index contributed by atoms with van der Waals surface area (Å²) in [5.74, 6) is 0.0810. The highest BCUT2D eigenvalue weighted by Gasteiger charge is 2.44. The monoisotopic (exact) mass is 545 g/mol. The van der Waals surface area contributed by atoms with Crippen LogP contribution in [0.15, 0.2) is 42.5 Å². The van der Waals surface area contributed by atoms with Gasteiger partial charge in [0.1, 0.15) is 18.4 Å². The van der Waals surface area contributed by atoms with E-state index in [0.29, 0.717) is 31.7 Å². The summed E-state index contributed by atoms with van der Waals surface area (Å²) >= 11 is 0. The number of rotatable bonds is 7. The SMILES string of the molecule is CN1CC(=O)N2CCc3c(c4cc(OCCN5CCCCC5)ccc4n3Cc3ccc(C(=O)NO)cc3)C2C1=O. The molecule has 0 aliphatic carbocycles. The van der Waals surface area contributed by atoms with Gasteiger partial charge in [-0.05, 0) is 61.8 Å². The molecular formula is C30H35N5O5. The van der Waals surface area contributed by atoms with Crippen LogP contribution in [0.25, 0.3) is 10.9 Å². The number of carbonyl (C=O) groups excluding carboxylic acids is 3. The summed E-state index contributed by atoms with van der Waals surface area (Å²) in [6.07, 6.45) is 4.41. The zero-order valence-electron chi connectivity index (χ0n) is 22.8. The van der Waals surface area contributed by atoms with Crippen LogP contribution in [0.3, 0.4) is 0 Å². The molecule has 6 rings (SSSR count). The number of hydrogen-bond acceptors (Lipinski definition) is 6. The Balaban J connectivity index is 1.36. The number of nitrogens with zero attached hydrogens (tertiary/aromatic N) is 4. The van der Waals surface area contributed by atoms with Gasteiger partial charge in [-0.25, -0.2) is 5.48 Å². The molecule has 1 atom stereocenters. The molecule has 40 heavy (non-hydrogen) atoms. The van der Waals surface area contributed by atoms with Crippen molar-refractivity contribution in [3.8, 4) is 5.75 Å². The predicted molar refractivity (Wildman–Crippen MR) is 148 cm³/mol. The lowest BCUT2D eigenvalue weighted by Crippen LogP contribution is -2.56. The molecule has 2 saturated heterocycles. The first kappa shape index (κ1) is 26.3. The summed E-state index contributed by atoms with van der Waals surface area (Å²) < 4.78 is 8.42. The van der Waals surface area contributed by atoms with Gasteiger partial charge in [-0.1, -0.05) is 18.6 Å². The zero-order chi connectivity index (χ0) is 27.8. The molecule has 2 N–H and O–H groups in total. The maximum atomic E-state index is 13.5. The Labute approximate surface area is 233 Å². The largest absolute Gasteiger partial charge is 0.492 e. The Morgan fingerprint density at radius 3 is 2.58 bits per heavy atom. The third-order valence-corrected chi connectivity index (χ3v) is 8.45.